The molecule has 0 aromatic carbocycles. The third kappa shape index (κ3) is 3.00. The van der Waals surface area contributed by atoms with Crippen molar-refractivity contribution in [1.29, 1.82) is 0 Å². The molecule has 0 radical (unpaired) electrons. The maximum Gasteiger partial charge on any atom is 0.354 e. The first-order chi connectivity index (χ1) is 7.58. The van der Waals surface area contributed by atoms with Crippen molar-refractivity contribution in [1.82, 2.24) is 14.9 Å². The Balaban J connectivity index is 2.90. The highest BCUT2D eigenvalue weighted by molar-refractivity contribution is 5.86. The summed E-state index contributed by atoms with van der Waals surface area (Å²) in [6.45, 7) is 8.19. The van der Waals surface area contributed by atoms with E-state index in [-0.39, 0.29) is 5.69 Å². The van der Waals surface area contributed by atoms with E-state index in [1.54, 1.807) is 13.1 Å². The quantitative estimate of drug-likeness (QED) is 0.815. The van der Waals surface area contributed by atoms with E-state index >= 15 is 0 Å². The molecule has 88 valence electrons. The van der Waals surface area contributed by atoms with Crippen LogP contribution in [0.2, 0.25) is 0 Å². The summed E-state index contributed by atoms with van der Waals surface area (Å²) in [5.74, 6) is -0.438. The van der Waals surface area contributed by atoms with Crippen molar-refractivity contribution in [2.75, 3.05) is 13.1 Å². The van der Waals surface area contributed by atoms with E-state index < -0.39 is 5.97 Å². The number of hydrogen-bond donors (Lipinski definition) is 1. The average molecular weight is 223 g/mol. The van der Waals surface area contributed by atoms with Crippen molar-refractivity contribution in [3.8, 4) is 0 Å². The Bertz CT molecular complexity index is 375. The van der Waals surface area contributed by atoms with Crippen LogP contribution in [0.5, 0.6) is 0 Å². The van der Waals surface area contributed by atoms with Gasteiger partial charge in [0.05, 0.1) is 6.54 Å². The molecule has 5 nitrogen and oxygen atoms in total. The molecule has 0 spiro atoms. The maximum atomic E-state index is 10.9. The lowest BCUT2D eigenvalue weighted by Gasteiger charge is -2.16. The van der Waals surface area contributed by atoms with E-state index in [2.05, 4.69) is 28.7 Å². The molecule has 0 fully saturated rings. The van der Waals surface area contributed by atoms with Crippen LogP contribution in [0.3, 0.4) is 0 Å². The van der Waals surface area contributed by atoms with Crippen LogP contribution in [0.15, 0.2) is 6.20 Å². The van der Waals surface area contributed by atoms with E-state index in [9.17, 15) is 4.79 Å². The second kappa shape index (κ2) is 5.55. The van der Waals surface area contributed by atoms with Crippen LogP contribution in [0.25, 0.3) is 0 Å². The molecule has 0 amide bonds. The fourth-order valence-electron chi connectivity index (χ4n) is 1.42. The number of nitrogens with zero attached hydrogens (tertiary/aromatic N) is 3. The lowest BCUT2D eigenvalue weighted by atomic mass is 10.2. The zero-order valence-corrected chi connectivity index (χ0v) is 9.90. The van der Waals surface area contributed by atoms with Crippen LogP contribution in [-0.4, -0.2) is 39.0 Å². The third-order valence-electron chi connectivity index (χ3n) is 2.48. The van der Waals surface area contributed by atoms with Gasteiger partial charge in [0.1, 0.15) is 5.82 Å². The topological polar surface area (TPSA) is 66.3 Å². The second-order valence-corrected chi connectivity index (χ2v) is 3.58. The number of rotatable bonds is 5. The van der Waals surface area contributed by atoms with E-state index in [1.807, 2.05) is 0 Å². The molecule has 0 aliphatic heterocycles. The smallest absolute Gasteiger partial charge is 0.354 e. The summed E-state index contributed by atoms with van der Waals surface area (Å²) in [6, 6.07) is 0. The number of carbonyl (C=O) groups is 1. The molecule has 0 aliphatic carbocycles. The fourth-order valence-corrected chi connectivity index (χ4v) is 1.42. The van der Waals surface area contributed by atoms with Crippen LogP contribution in [-0.2, 0) is 6.54 Å². The van der Waals surface area contributed by atoms with Gasteiger partial charge in [-0.3, -0.25) is 4.90 Å². The molecule has 5 heteroatoms. The van der Waals surface area contributed by atoms with Gasteiger partial charge in [0.25, 0.3) is 0 Å². The molecule has 1 aromatic heterocycles. The van der Waals surface area contributed by atoms with Crippen LogP contribution in [0.4, 0.5) is 0 Å². The van der Waals surface area contributed by atoms with Gasteiger partial charge in [0.2, 0.25) is 0 Å². The fraction of sp³-hybridized carbons (Fsp3) is 0.545. The van der Waals surface area contributed by atoms with Crippen molar-refractivity contribution in [2.24, 2.45) is 0 Å². The molecular weight excluding hydrogens is 206 g/mol. The summed E-state index contributed by atoms with van der Waals surface area (Å²) in [4.78, 5) is 21.2. The maximum absolute atomic E-state index is 10.9. The van der Waals surface area contributed by atoms with Gasteiger partial charge in [0, 0.05) is 11.8 Å². The number of aryl methyl sites for hydroxylation is 1. The van der Waals surface area contributed by atoms with Gasteiger partial charge in [-0.15, -0.1) is 0 Å². The van der Waals surface area contributed by atoms with Crippen LogP contribution < -0.4 is 0 Å². The minimum absolute atomic E-state index is 0.0946. The van der Waals surface area contributed by atoms with E-state index in [4.69, 9.17) is 5.11 Å². The third-order valence-corrected chi connectivity index (χ3v) is 2.48. The molecule has 16 heavy (non-hydrogen) atoms. The summed E-state index contributed by atoms with van der Waals surface area (Å²) in [7, 11) is 0. The van der Waals surface area contributed by atoms with Gasteiger partial charge in [-0.05, 0) is 20.0 Å². The molecule has 0 bridgehead atoms. The van der Waals surface area contributed by atoms with Crippen LogP contribution in [0.1, 0.15) is 35.7 Å². The van der Waals surface area contributed by atoms with Crippen molar-refractivity contribution in [2.45, 2.75) is 27.3 Å². The predicted octanol–water partition coefficient (Wildman–Crippen LogP) is 1.33. The molecule has 1 heterocycles. The number of hydrogen-bond acceptors (Lipinski definition) is 4. The first kappa shape index (κ1) is 12.6. The van der Waals surface area contributed by atoms with Gasteiger partial charge in [-0.25, -0.2) is 14.8 Å². The first-order valence-corrected chi connectivity index (χ1v) is 5.36. The standard InChI is InChI=1S/C11H17N3O2/c1-4-14(5-2)7-9-12-6-8(3)10(13-9)11(15)16/h6H,4-5,7H2,1-3H3,(H,15,16). The lowest BCUT2D eigenvalue weighted by molar-refractivity contribution is 0.0688. The van der Waals surface area contributed by atoms with Crippen molar-refractivity contribution in [3.63, 3.8) is 0 Å². The van der Waals surface area contributed by atoms with Gasteiger partial charge in [-0.2, -0.15) is 0 Å². The molecule has 1 N–H and O–H groups in total. The Hall–Kier alpha value is -1.49. The Labute approximate surface area is 95.1 Å². The normalized spacial score (nSPS) is 10.8. The largest absolute Gasteiger partial charge is 0.477 e. The minimum atomic E-state index is -0.999. The van der Waals surface area contributed by atoms with Crippen LogP contribution >= 0.6 is 0 Å². The molecule has 0 aliphatic rings. The second-order valence-electron chi connectivity index (χ2n) is 3.58. The van der Waals surface area contributed by atoms with Gasteiger partial charge < -0.3 is 5.11 Å². The minimum Gasteiger partial charge on any atom is -0.477 e. The molecule has 1 rings (SSSR count). The zero-order valence-electron chi connectivity index (χ0n) is 9.90. The Morgan fingerprint density at radius 3 is 2.56 bits per heavy atom. The summed E-state index contributed by atoms with van der Waals surface area (Å²) < 4.78 is 0. The van der Waals surface area contributed by atoms with Gasteiger partial charge in [-0.1, -0.05) is 13.8 Å². The monoisotopic (exact) mass is 223 g/mol. The highest BCUT2D eigenvalue weighted by atomic mass is 16.4. The Kier molecular flexibility index (Phi) is 4.37. The number of aromatic nitrogens is 2. The van der Waals surface area contributed by atoms with Gasteiger partial charge >= 0.3 is 5.97 Å². The summed E-state index contributed by atoms with van der Waals surface area (Å²) in [6.07, 6.45) is 1.56. The number of carboxylic acid groups (broad SMARTS) is 1. The summed E-state index contributed by atoms with van der Waals surface area (Å²) >= 11 is 0. The van der Waals surface area contributed by atoms with E-state index in [0.717, 1.165) is 13.1 Å². The molecule has 0 atom stereocenters. The van der Waals surface area contributed by atoms with Crippen molar-refractivity contribution < 1.29 is 9.90 Å². The molecule has 0 saturated heterocycles. The molecular formula is C11H17N3O2. The van der Waals surface area contributed by atoms with Crippen LogP contribution in [0, 0.1) is 6.92 Å². The molecule has 0 saturated carbocycles. The summed E-state index contributed by atoms with van der Waals surface area (Å²) in [5, 5.41) is 8.93. The average Bonchev–Trinajstić information content (AvgIpc) is 2.27. The lowest BCUT2D eigenvalue weighted by Crippen LogP contribution is -2.24. The van der Waals surface area contributed by atoms with Crippen molar-refractivity contribution in [3.05, 3.63) is 23.3 Å². The number of carboxylic acids is 1. The van der Waals surface area contributed by atoms with E-state index in [0.29, 0.717) is 17.9 Å². The first-order valence-electron chi connectivity index (χ1n) is 5.36. The predicted molar refractivity (Wildman–Crippen MR) is 60.4 cm³/mol. The SMILES string of the molecule is CCN(CC)Cc1ncc(C)c(C(=O)O)n1. The highest BCUT2D eigenvalue weighted by Gasteiger charge is 2.12. The van der Waals surface area contributed by atoms with Crippen molar-refractivity contribution >= 4 is 5.97 Å². The highest BCUT2D eigenvalue weighted by Crippen LogP contribution is 2.05. The number of aromatic carboxylic acids is 1. The molecule has 1 aromatic rings. The Morgan fingerprint density at radius 2 is 2.06 bits per heavy atom. The zero-order chi connectivity index (χ0) is 12.1. The Morgan fingerprint density at radius 1 is 1.44 bits per heavy atom. The summed E-state index contributed by atoms with van der Waals surface area (Å²) in [5.41, 5.74) is 0.688. The van der Waals surface area contributed by atoms with E-state index in [1.165, 1.54) is 0 Å². The van der Waals surface area contributed by atoms with Gasteiger partial charge in [0.15, 0.2) is 5.69 Å². The molecule has 0 unspecified atom stereocenters.